The van der Waals surface area contributed by atoms with Crippen LogP contribution in [0.4, 0.5) is 0 Å². The van der Waals surface area contributed by atoms with E-state index in [9.17, 15) is 0 Å². The Balaban J connectivity index is 1.92. The first-order chi connectivity index (χ1) is 9.58. The average Bonchev–Trinajstić information content (AvgIpc) is 2.84. The second kappa shape index (κ2) is 5.18. The number of allylic oxidation sites excluding steroid dienone is 4. The molecule has 2 heterocycles. The highest BCUT2D eigenvalue weighted by Crippen LogP contribution is 2.64. The molecule has 4 heteroatoms. The molecule has 4 atom stereocenters. The van der Waals surface area contributed by atoms with E-state index in [1.165, 1.54) is 0 Å². The molecule has 0 radical (unpaired) electrons. The van der Waals surface area contributed by atoms with Gasteiger partial charge in [-0.1, -0.05) is 25.2 Å². The van der Waals surface area contributed by atoms with Crippen LogP contribution in [0.2, 0.25) is 18.6 Å². The van der Waals surface area contributed by atoms with Gasteiger partial charge in [0.05, 0.1) is 0 Å². The molecule has 1 fully saturated rings. The van der Waals surface area contributed by atoms with Gasteiger partial charge in [-0.2, -0.15) is 0 Å². The van der Waals surface area contributed by atoms with E-state index in [4.69, 9.17) is 0 Å². The van der Waals surface area contributed by atoms with E-state index in [0.717, 1.165) is 27.9 Å². The minimum Gasteiger partial charge on any atom is -0.332 e. The van der Waals surface area contributed by atoms with Crippen molar-refractivity contribution >= 4 is 31.8 Å². The van der Waals surface area contributed by atoms with Crippen molar-refractivity contribution < 1.29 is 0 Å². The Hall–Kier alpha value is 0.357. The van der Waals surface area contributed by atoms with Gasteiger partial charge in [0.1, 0.15) is 8.24 Å². The average molecular weight is 340 g/mol. The summed E-state index contributed by atoms with van der Waals surface area (Å²) >= 11 is 4.34. The molecule has 21 heavy (non-hydrogen) atoms. The number of thioether (sulfide) groups is 2. The van der Waals surface area contributed by atoms with E-state index in [1.54, 1.807) is 9.81 Å². The molecule has 0 aromatic heterocycles. The SMILES string of the molecule is CC1=CC2C3C=C(C)SC3C([Si](C)(C)NC(C)(C)C)C2S1. The maximum Gasteiger partial charge on any atom is 0.125 e. The van der Waals surface area contributed by atoms with Crippen LogP contribution in [0.15, 0.2) is 22.0 Å². The lowest BCUT2D eigenvalue weighted by molar-refractivity contribution is 0.504. The molecule has 1 N–H and O–H groups in total. The van der Waals surface area contributed by atoms with Crippen LogP contribution < -0.4 is 4.98 Å². The topological polar surface area (TPSA) is 12.0 Å². The molecule has 2 aliphatic heterocycles. The molecular weight excluding hydrogens is 310 g/mol. The second-order valence-corrected chi connectivity index (χ2v) is 15.7. The molecule has 0 amide bonds. The molecule has 0 aromatic rings. The van der Waals surface area contributed by atoms with Crippen LogP contribution in [0.5, 0.6) is 0 Å². The van der Waals surface area contributed by atoms with E-state index < -0.39 is 8.24 Å². The molecule has 0 bridgehead atoms. The van der Waals surface area contributed by atoms with Crippen LogP contribution >= 0.6 is 23.5 Å². The number of fused-ring (bicyclic) bond motifs is 3. The highest BCUT2D eigenvalue weighted by Gasteiger charge is 2.59. The van der Waals surface area contributed by atoms with Crippen LogP contribution in [0.1, 0.15) is 34.6 Å². The molecule has 0 aromatic carbocycles. The molecular formula is C17H29NS2Si. The summed E-state index contributed by atoms with van der Waals surface area (Å²) in [7, 11) is -1.49. The van der Waals surface area contributed by atoms with Crippen LogP contribution in [0.25, 0.3) is 0 Å². The minimum absolute atomic E-state index is 0.223. The highest BCUT2D eigenvalue weighted by atomic mass is 32.2. The fourth-order valence-electron chi connectivity index (χ4n) is 4.74. The van der Waals surface area contributed by atoms with Gasteiger partial charge in [-0.3, -0.25) is 0 Å². The van der Waals surface area contributed by atoms with Gasteiger partial charge in [0.25, 0.3) is 0 Å². The first kappa shape index (κ1) is 16.2. The Morgan fingerprint density at radius 2 is 1.38 bits per heavy atom. The van der Waals surface area contributed by atoms with Crippen LogP contribution in [-0.2, 0) is 0 Å². The molecule has 1 aliphatic carbocycles. The molecule has 4 unspecified atom stereocenters. The van der Waals surface area contributed by atoms with Crippen molar-refractivity contribution in [2.75, 3.05) is 0 Å². The van der Waals surface area contributed by atoms with Gasteiger partial charge in [0.2, 0.25) is 0 Å². The highest BCUT2D eigenvalue weighted by molar-refractivity contribution is 8.05. The minimum atomic E-state index is -1.49. The summed E-state index contributed by atoms with van der Waals surface area (Å²) in [5.41, 5.74) is 1.07. The first-order valence-electron chi connectivity index (χ1n) is 8.08. The van der Waals surface area contributed by atoms with Crippen molar-refractivity contribution in [3.63, 3.8) is 0 Å². The molecule has 0 saturated heterocycles. The molecule has 118 valence electrons. The smallest absolute Gasteiger partial charge is 0.125 e. The molecule has 3 aliphatic rings. The largest absolute Gasteiger partial charge is 0.332 e. The molecule has 0 spiro atoms. The zero-order valence-corrected chi connectivity index (χ0v) is 17.0. The van der Waals surface area contributed by atoms with Crippen molar-refractivity contribution in [1.82, 2.24) is 4.98 Å². The van der Waals surface area contributed by atoms with Crippen molar-refractivity contribution in [3.05, 3.63) is 22.0 Å². The lowest BCUT2D eigenvalue weighted by atomic mass is 9.95. The summed E-state index contributed by atoms with van der Waals surface area (Å²) in [6.07, 6.45) is 5.15. The number of hydrogen-bond donors (Lipinski definition) is 1. The van der Waals surface area contributed by atoms with Crippen LogP contribution in [0.3, 0.4) is 0 Å². The zero-order valence-electron chi connectivity index (χ0n) is 14.4. The van der Waals surface area contributed by atoms with Crippen molar-refractivity contribution in [1.29, 1.82) is 0 Å². The molecule has 1 saturated carbocycles. The number of hydrogen-bond acceptors (Lipinski definition) is 3. The van der Waals surface area contributed by atoms with Crippen molar-refractivity contribution in [2.24, 2.45) is 11.8 Å². The summed E-state index contributed by atoms with van der Waals surface area (Å²) < 4.78 is 0. The summed E-state index contributed by atoms with van der Waals surface area (Å²) in [4.78, 5) is 7.16. The Bertz CT molecular complexity index is 471. The fraction of sp³-hybridized carbons (Fsp3) is 0.765. The third kappa shape index (κ3) is 2.93. The van der Waals surface area contributed by atoms with Crippen LogP contribution in [0, 0.1) is 11.8 Å². The maximum absolute atomic E-state index is 4.06. The van der Waals surface area contributed by atoms with E-state index in [2.05, 4.69) is 88.4 Å². The summed E-state index contributed by atoms with van der Waals surface area (Å²) in [5, 5.41) is 1.63. The molecule has 3 rings (SSSR count). The zero-order chi connectivity index (χ0) is 15.6. The number of rotatable bonds is 2. The van der Waals surface area contributed by atoms with Crippen LogP contribution in [-0.4, -0.2) is 24.3 Å². The Kier molecular flexibility index (Phi) is 4.01. The summed E-state index contributed by atoms with van der Waals surface area (Å²) in [5.74, 6) is 1.56. The fourth-order valence-corrected chi connectivity index (χ4v) is 14.3. The van der Waals surface area contributed by atoms with Crippen molar-refractivity contribution in [2.45, 2.75) is 69.3 Å². The third-order valence-corrected chi connectivity index (χ3v) is 12.0. The first-order valence-corrected chi connectivity index (χ1v) is 12.9. The van der Waals surface area contributed by atoms with Gasteiger partial charge in [-0.15, -0.1) is 23.5 Å². The summed E-state index contributed by atoms with van der Waals surface area (Å²) in [6.45, 7) is 16.7. The predicted molar refractivity (Wildman–Crippen MR) is 101 cm³/mol. The Labute approximate surface area is 139 Å². The second-order valence-electron chi connectivity index (χ2n) is 8.50. The summed E-state index contributed by atoms with van der Waals surface area (Å²) in [6, 6.07) is 0. The normalized spacial score (nSPS) is 39.1. The Morgan fingerprint density at radius 1 is 0.952 bits per heavy atom. The van der Waals surface area contributed by atoms with Gasteiger partial charge in [-0.05, 0) is 61.8 Å². The van der Waals surface area contributed by atoms with Gasteiger partial charge in [-0.25, -0.2) is 0 Å². The lowest BCUT2D eigenvalue weighted by Gasteiger charge is -2.42. The van der Waals surface area contributed by atoms with Gasteiger partial charge < -0.3 is 4.98 Å². The standard InChI is InChI=1S/C17H29NS2Si/c1-10-8-12-13-9-11(2)20-15(13)16(14(12)19-10)21(6,7)18-17(3,4)5/h8-9,12-16,18H,1-7H3. The molecule has 1 nitrogen and oxygen atoms in total. The van der Waals surface area contributed by atoms with E-state index in [-0.39, 0.29) is 5.54 Å². The monoisotopic (exact) mass is 339 g/mol. The van der Waals surface area contributed by atoms with E-state index in [1.807, 2.05) is 0 Å². The number of nitrogens with one attached hydrogen (secondary N) is 1. The van der Waals surface area contributed by atoms with E-state index in [0.29, 0.717) is 0 Å². The van der Waals surface area contributed by atoms with Gasteiger partial charge >= 0.3 is 0 Å². The van der Waals surface area contributed by atoms with Gasteiger partial charge in [0.15, 0.2) is 0 Å². The lowest BCUT2D eigenvalue weighted by Crippen LogP contribution is -2.59. The Morgan fingerprint density at radius 3 is 1.76 bits per heavy atom. The maximum atomic E-state index is 4.06. The third-order valence-electron chi connectivity index (χ3n) is 4.94. The van der Waals surface area contributed by atoms with Gasteiger partial charge in [0, 0.05) is 16.0 Å². The van der Waals surface area contributed by atoms with Crippen molar-refractivity contribution in [3.8, 4) is 0 Å². The predicted octanol–water partition coefficient (Wildman–Crippen LogP) is 5.23. The quantitative estimate of drug-likeness (QED) is 0.691. The van der Waals surface area contributed by atoms with E-state index >= 15 is 0 Å².